The minimum absolute atomic E-state index is 0.00672. The average molecular weight is 274 g/mol. The molecule has 2 aromatic rings. The number of aromatic nitrogens is 1. The van der Waals surface area contributed by atoms with Crippen LogP contribution in [0.4, 0.5) is 8.78 Å². The molecule has 0 radical (unpaired) electrons. The van der Waals surface area contributed by atoms with Gasteiger partial charge in [-0.15, -0.1) is 0 Å². The first-order chi connectivity index (χ1) is 8.40. The third-order valence-corrected chi connectivity index (χ3v) is 2.53. The Bertz CT molecular complexity index is 639. The van der Waals surface area contributed by atoms with Crippen LogP contribution >= 0.6 is 11.6 Å². The highest BCUT2D eigenvalue weighted by atomic mass is 35.5. The molecule has 4 nitrogen and oxygen atoms in total. The van der Waals surface area contributed by atoms with Crippen molar-refractivity contribution in [1.82, 2.24) is 4.98 Å². The van der Waals surface area contributed by atoms with E-state index in [2.05, 4.69) is 4.98 Å². The van der Waals surface area contributed by atoms with Crippen molar-refractivity contribution >= 4 is 17.6 Å². The zero-order valence-corrected chi connectivity index (χ0v) is 9.76. The van der Waals surface area contributed by atoms with E-state index in [1.54, 1.807) is 0 Å². The summed E-state index contributed by atoms with van der Waals surface area (Å²) in [7, 11) is 0. The molecule has 0 saturated heterocycles. The number of carboxylic acids is 1. The van der Waals surface area contributed by atoms with Crippen molar-refractivity contribution in [2.45, 2.75) is 6.92 Å². The van der Waals surface area contributed by atoms with E-state index in [4.69, 9.17) is 21.1 Å². The first-order valence-electron chi connectivity index (χ1n) is 4.75. The molecule has 1 aromatic heterocycles. The van der Waals surface area contributed by atoms with Crippen LogP contribution in [0.5, 0.6) is 0 Å². The molecule has 0 aliphatic rings. The number of carboxylic acid groups (broad SMARTS) is 1. The number of hydrogen-bond acceptors (Lipinski definition) is 3. The molecule has 1 N–H and O–H groups in total. The number of halogens is 3. The average Bonchev–Trinajstić information content (AvgIpc) is 2.65. The van der Waals surface area contributed by atoms with Gasteiger partial charge in [0.2, 0.25) is 5.89 Å². The van der Waals surface area contributed by atoms with Gasteiger partial charge in [-0.25, -0.2) is 18.6 Å². The van der Waals surface area contributed by atoms with E-state index in [9.17, 15) is 13.6 Å². The van der Waals surface area contributed by atoms with E-state index in [1.807, 2.05) is 0 Å². The van der Waals surface area contributed by atoms with E-state index in [0.29, 0.717) is 0 Å². The first kappa shape index (κ1) is 12.5. The van der Waals surface area contributed by atoms with Crippen molar-refractivity contribution in [3.63, 3.8) is 0 Å². The number of nitrogens with zero attached hydrogens (tertiary/aromatic N) is 1. The Morgan fingerprint density at radius 3 is 2.61 bits per heavy atom. The van der Waals surface area contributed by atoms with E-state index >= 15 is 0 Å². The van der Waals surface area contributed by atoms with Gasteiger partial charge in [0.05, 0.1) is 10.6 Å². The SMILES string of the molecule is Cc1oc(-c2cc(F)c(Cl)cc2F)nc1C(=O)O. The highest BCUT2D eigenvalue weighted by molar-refractivity contribution is 6.30. The predicted molar refractivity (Wildman–Crippen MR) is 58.6 cm³/mol. The molecule has 0 spiro atoms. The van der Waals surface area contributed by atoms with Crippen LogP contribution in [0.25, 0.3) is 11.5 Å². The van der Waals surface area contributed by atoms with E-state index in [1.165, 1.54) is 6.92 Å². The van der Waals surface area contributed by atoms with Crippen molar-refractivity contribution < 1.29 is 23.1 Å². The van der Waals surface area contributed by atoms with Gasteiger partial charge >= 0.3 is 5.97 Å². The highest BCUT2D eigenvalue weighted by Crippen LogP contribution is 2.28. The molecule has 0 aliphatic carbocycles. The summed E-state index contributed by atoms with van der Waals surface area (Å²) in [5.41, 5.74) is -0.632. The van der Waals surface area contributed by atoms with Crippen LogP contribution in [0, 0.1) is 18.6 Å². The van der Waals surface area contributed by atoms with Gasteiger partial charge in [0.1, 0.15) is 17.4 Å². The standard InChI is InChI=1S/C11H6ClF2NO3/c1-4-9(11(16)17)15-10(18-4)5-2-8(14)6(12)3-7(5)13/h2-3H,1H3,(H,16,17). The van der Waals surface area contributed by atoms with Gasteiger partial charge < -0.3 is 9.52 Å². The van der Waals surface area contributed by atoms with Gasteiger partial charge in [0, 0.05) is 0 Å². The van der Waals surface area contributed by atoms with Gasteiger partial charge in [0.25, 0.3) is 0 Å². The number of carbonyl (C=O) groups is 1. The molecule has 0 fully saturated rings. The quantitative estimate of drug-likeness (QED) is 0.853. The second kappa shape index (κ2) is 4.38. The first-order valence-corrected chi connectivity index (χ1v) is 5.13. The molecule has 0 amide bonds. The van der Waals surface area contributed by atoms with Gasteiger partial charge in [-0.3, -0.25) is 0 Å². The molecule has 0 unspecified atom stereocenters. The summed E-state index contributed by atoms with van der Waals surface area (Å²) < 4.78 is 31.8. The molecule has 0 bridgehead atoms. The molecule has 1 heterocycles. The Hall–Kier alpha value is -1.95. The van der Waals surface area contributed by atoms with Crippen molar-refractivity contribution in [1.29, 1.82) is 0 Å². The lowest BCUT2D eigenvalue weighted by Crippen LogP contribution is -1.98. The Balaban J connectivity index is 2.59. The summed E-state index contributed by atoms with van der Waals surface area (Å²) in [5, 5.41) is 8.41. The number of oxazole rings is 1. The van der Waals surface area contributed by atoms with Crippen LogP contribution in [0.2, 0.25) is 5.02 Å². The number of aromatic carboxylic acids is 1. The fraction of sp³-hybridized carbons (Fsp3) is 0.0909. The summed E-state index contributed by atoms with van der Waals surface area (Å²) in [6.07, 6.45) is 0. The third kappa shape index (κ3) is 2.06. The molecule has 0 saturated carbocycles. The van der Waals surface area contributed by atoms with Crippen molar-refractivity contribution in [3.8, 4) is 11.5 Å². The maximum absolute atomic E-state index is 13.6. The zero-order chi connectivity index (χ0) is 13.4. The van der Waals surface area contributed by atoms with Gasteiger partial charge in [-0.05, 0) is 19.1 Å². The van der Waals surface area contributed by atoms with E-state index < -0.39 is 17.6 Å². The molecular weight excluding hydrogens is 268 g/mol. The Morgan fingerprint density at radius 2 is 2.06 bits per heavy atom. The molecule has 94 valence electrons. The molecule has 2 rings (SSSR count). The molecule has 1 aromatic carbocycles. The molecule has 7 heteroatoms. The second-order valence-electron chi connectivity index (χ2n) is 3.48. The summed E-state index contributed by atoms with van der Waals surface area (Å²) in [6.45, 7) is 1.37. The van der Waals surface area contributed by atoms with Crippen LogP contribution in [0.15, 0.2) is 16.5 Å². The van der Waals surface area contributed by atoms with Gasteiger partial charge in [0.15, 0.2) is 5.69 Å². The lowest BCUT2D eigenvalue weighted by atomic mass is 10.2. The lowest BCUT2D eigenvalue weighted by Gasteiger charge is -2.00. The zero-order valence-electron chi connectivity index (χ0n) is 9.00. The van der Waals surface area contributed by atoms with Crippen LogP contribution in [-0.4, -0.2) is 16.1 Å². The number of aryl methyl sites for hydroxylation is 1. The highest BCUT2D eigenvalue weighted by Gasteiger charge is 2.20. The van der Waals surface area contributed by atoms with Crippen LogP contribution < -0.4 is 0 Å². The molecule has 0 aliphatic heterocycles. The van der Waals surface area contributed by atoms with Crippen molar-refractivity contribution in [2.24, 2.45) is 0 Å². The molecule has 0 atom stereocenters. The normalized spacial score (nSPS) is 10.7. The topological polar surface area (TPSA) is 63.3 Å². The van der Waals surface area contributed by atoms with E-state index in [0.717, 1.165) is 12.1 Å². The van der Waals surface area contributed by atoms with Gasteiger partial charge in [-0.1, -0.05) is 11.6 Å². The van der Waals surface area contributed by atoms with Crippen molar-refractivity contribution in [3.05, 3.63) is 40.2 Å². The third-order valence-electron chi connectivity index (χ3n) is 2.24. The molecular formula is C11H6ClF2NO3. The smallest absolute Gasteiger partial charge is 0.358 e. The predicted octanol–water partition coefficient (Wildman–Crippen LogP) is 3.28. The van der Waals surface area contributed by atoms with E-state index in [-0.39, 0.29) is 27.9 Å². The maximum atomic E-state index is 13.6. The summed E-state index contributed by atoms with van der Waals surface area (Å²) in [4.78, 5) is 14.4. The minimum Gasteiger partial charge on any atom is -0.476 e. The van der Waals surface area contributed by atoms with Crippen LogP contribution in [0.1, 0.15) is 16.2 Å². The van der Waals surface area contributed by atoms with Crippen LogP contribution in [-0.2, 0) is 0 Å². The number of rotatable bonds is 2. The second-order valence-corrected chi connectivity index (χ2v) is 3.88. The fourth-order valence-electron chi connectivity index (χ4n) is 1.40. The fourth-order valence-corrected chi connectivity index (χ4v) is 1.55. The largest absolute Gasteiger partial charge is 0.476 e. The summed E-state index contributed by atoms with van der Waals surface area (Å²) in [5.74, 6) is -3.30. The van der Waals surface area contributed by atoms with Crippen LogP contribution in [0.3, 0.4) is 0 Å². The Labute approximate surface area is 105 Å². The van der Waals surface area contributed by atoms with Crippen molar-refractivity contribution in [2.75, 3.05) is 0 Å². The summed E-state index contributed by atoms with van der Waals surface area (Å²) >= 11 is 5.40. The minimum atomic E-state index is -1.31. The summed E-state index contributed by atoms with van der Waals surface area (Å²) in [6, 6.07) is 1.57. The Morgan fingerprint density at radius 1 is 1.39 bits per heavy atom. The monoisotopic (exact) mass is 273 g/mol. The molecule has 18 heavy (non-hydrogen) atoms. The number of benzene rings is 1. The number of hydrogen-bond donors (Lipinski definition) is 1. The van der Waals surface area contributed by atoms with Gasteiger partial charge in [-0.2, -0.15) is 0 Å². The lowest BCUT2D eigenvalue weighted by molar-refractivity contribution is 0.0689. The maximum Gasteiger partial charge on any atom is 0.358 e. The Kier molecular flexibility index (Phi) is 3.04.